The molecule has 0 aliphatic carbocycles. The Morgan fingerprint density at radius 2 is 1.96 bits per heavy atom. The van der Waals surface area contributed by atoms with Crippen LogP contribution in [0, 0.1) is 0 Å². The van der Waals surface area contributed by atoms with Gasteiger partial charge in [0.1, 0.15) is 0 Å². The van der Waals surface area contributed by atoms with Gasteiger partial charge in [-0.05, 0) is 53.7 Å². The summed E-state index contributed by atoms with van der Waals surface area (Å²) in [5.74, 6) is 0.959. The average molecular weight is 487 g/mol. The smallest absolute Gasteiger partial charge is 0.191 e. The molecule has 1 aliphatic rings. The third kappa shape index (κ3) is 11.6. The minimum absolute atomic E-state index is 0. The molecule has 0 atom stereocenters. The summed E-state index contributed by atoms with van der Waals surface area (Å²) in [6.07, 6.45) is 4.80. The topological polar surface area (TPSA) is 48.9 Å². The highest BCUT2D eigenvalue weighted by molar-refractivity contribution is 14.0. The predicted octanol–water partition coefficient (Wildman–Crippen LogP) is 3.19. The van der Waals surface area contributed by atoms with Gasteiger partial charge >= 0.3 is 0 Å². The van der Waals surface area contributed by atoms with E-state index in [1.54, 1.807) is 0 Å². The lowest BCUT2D eigenvalue weighted by molar-refractivity contribution is 0.0532. The maximum absolute atomic E-state index is 5.65. The Bertz CT molecular complexity index is 372. The van der Waals surface area contributed by atoms with Gasteiger partial charge < -0.3 is 20.3 Å². The molecule has 0 amide bonds. The minimum Gasteiger partial charge on any atom is -0.377 e. The molecule has 5 nitrogen and oxygen atoms in total. The van der Waals surface area contributed by atoms with Crippen molar-refractivity contribution in [2.45, 2.75) is 64.4 Å². The van der Waals surface area contributed by atoms with Crippen molar-refractivity contribution < 1.29 is 4.74 Å². The molecule has 0 aromatic carbocycles. The van der Waals surface area contributed by atoms with Gasteiger partial charge in [0.05, 0.1) is 19.3 Å². The Labute approximate surface area is 176 Å². The van der Waals surface area contributed by atoms with Crippen molar-refractivity contribution in [2.24, 2.45) is 4.99 Å². The van der Waals surface area contributed by atoms with Crippen molar-refractivity contribution in [2.75, 3.05) is 45.6 Å². The van der Waals surface area contributed by atoms with Gasteiger partial charge in [0, 0.05) is 37.0 Å². The van der Waals surface area contributed by atoms with Crippen LogP contribution in [0.15, 0.2) is 4.99 Å². The number of guanidine groups is 1. The lowest BCUT2D eigenvalue weighted by Crippen LogP contribution is -2.49. The molecule has 150 valence electrons. The summed E-state index contributed by atoms with van der Waals surface area (Å²) in [5.41, 5.74) is 0. The molecule has 25 heavy (non-hydrogen) atoms. The van der Waals surface area contributed by atoms with Crippen molar-refractivity contribution >= 4 is 41.7 Å². The molecule has 0 bridgehead atoms. The maximum Gasteiger partial charge on any atom is 0.191 e. The number of rotatable bonds is 9. The van der Waals surface area contributed by atoms with Gasteiger partial charge in [-0.2, -0.15) is 11.8 Å². The van der Waals surface area contributed by atoms with Gasteiger partial charge in [-0.25, -0.2) is 0 Å². The summed E-state index contributed by atoms with van der Waals surface area (Å²) < 4.78 is 5.84. The van der Waals surface area contributed by atoms with Crippen LogP contribution in [0.2, 0.25) is 0 Å². The second kappa shape index (κ2) is 13.4. The SMILES string of the molecule is CCNC(=NCC(C)(C)SC)NC1CCN(CCOC(C)C)CC1.I. The van der Waals surface area contributed by atoms with Gasteiger partial charge in [0.2, 0.25) is 0 Å². The van der Waals surface area contributed by atoms with Gasteiger partial charge in [-0.1, -0.05) is 0 Å². The Morgan fingerprint density at radius 3 is 2.48 bits per heavy atom. The first kappa shape index (κ1) is 25.3. The van der Waals surface area contributed by atoms with Crippen LogP contribution < -0.4 is 10.6 Å². The number of piperidine rings is 1. The summed E-state index contributed by atoms with van der Waals surface area (Å²) in [6, 6.07) is 0.516. The molecule has 1 heterocycles. The lowest BCUT2D eigenvalue weighted by Gasteiger charge is -2.33. The molecule has 2 N–H and O–H groups in total. The molecule has 1 fully saturated rings. The van der Waals surface area contributed by atoms with E-state index in [0.29, 0.717) is 12.1 Å². The Hall–Kier alpha value is 0.270. The molecular formula is C18H39IN4OS. The number of hydrogen-bond acceptors (Lipinski definition) is 4. The Balaban J connectivity index is 0.00000576. The third-order valence-electron chi connectivity index (χ3n) is 4.30. The summed E-state index contributed by atoms with van der Waals surface area (Å²) in [4.78, 5) is 7.28. The van der Waals surface area contributed by atoms with Crippen molar-refractivity contribution in [3.8, 4) is 0 Å². The highest BCUT2D eigenvalue weighted by Crippen LogP contribution is 2.21. The minimum atomic E-state index is 0. The second-order valence-corrected chi connectivity index (χ2v) is 8.85. The number of halogens is 1. The molecule has 0 saturated carbocycles. The molecule has 7 heteroatoms. The fraction of sp³-hybridized carbons (Fsp3) is 0.944. The van der Waals surface area contributed by atoms with Crippen LogP contribution in [-0.2, 0) is 4.74 Å². The zero-order valence-corrected chi connectivity index (χ0v) is 20.1. The number of aliphatic imine (C=N–C) groups is 1. The molecule has 1 rings (SSSR count). The van der Waals surface area contributed by atoms with E-state index in [1.165, 1.54) is 0 Å². The van der Waals surface area contributed by atoms with E-state index >= 15 is 0 Å². The molecule has 0 radical (unpaired) electrons. The number of thioether (sulfide) groups is 1. The first-order valence-corrected chi connectivity index (χ1v) is 10.5. The molecular weight excluding hydrogens is 447 g/mol. The van der Waals surface area contributed by atoms with Crippen molar-refractivity contribution in [3.05, 3.63) is 0 Å². The predicted molar refractivity (Wildman–Crippen MR) is 123 cm³/mol. The van der Waals surface area contributed by atoms with E-state index in [1.807, 2.05) is 11.8 Å². The number of hydrogen-bond donors (Lipinski definition) is 2. The van der Waals surface area contributed by atoms with Gasteiger partial charge in [0.15, 0.2) is 5.96 Å². The molecule has 1 saturated heterocycles. The molecule has 1 aliphatic heterocycles. The fourth-order valence-electron chi connectivity index (χ4n) is 2.57. The van der Waals surface area contributed by atoms with E-state index in [9.17, 15) is 0 Å². The van der Waals surface area contributed by atoms with Crippen LogP contribution >= 0.6 is 35.7 Å². The van der Waals surface area contributed by atoms with Gasteiger partial charge in [-0.15, -0.1) is 24.0 Å². The van der Waals surface area contributed by atoms with Crippen LogP contribution in [0.1, 0.15) is 47.5 Å². The third-order valence-corrected chi connectivity index (χ3v) is 5.54. The average Bonchev–Trinajstić information content (AvgIpc) is 2.54. The highest BCUT2D eigenvalue weighted by Gasteiger charge is 2.20. The summed E-state index contributed by atoms with van der Waals surface area (Å²) >= 11 is 1.86. The quantitative estimate of drug-likeness (QED) is 0.298. The van der Waals surface area contributed by atoms with Gasteiger partial charge in [0.25, 0.3) is 0 Å². The first-order chi connectivity index (χ1) is 11.4. The number of likely N-dealkylation sites (tertiary alicyclic amines) is 1. The summed E-state index contributed by atoms with van der Waals surface area (Å²) in [7, 11) is 0. The monoisotopic (exact) mass is 486 g/mol. The van der Waals surface area contributed by atoms with Crippen LogP contribution in [0.4, 0.5) is 0 Å². The standard InChI is InChI=1S/C18H38N4OS.HI/c1-7-19-17(20-14-18(4,5)24-6)21-16-8-10-22(11-9-16)12-13-23-15(2)3;/h15-16H,7-14H2,1-6H3,(H2,19,20,21);1H. The van der Waals surface area contributed by atoms with E-state index in [4.69, 9.17) is 9.73 Å². The summed E-state index contributed by atoms with van der Waals surface area (Å²) in [6.45, 7) is 16.7. The van der Waals surface area contributed by atoms with Crippen molar-refractivity contribution in [1.29, 1.82) is 0 Å². The van der Waals surface area contributed by atoms with Gasteiger partial charge in [-0.3, -0.25) is 4.99 Å². The lowest BCUT2D eigenvalue weighted by atomic mass is 10.1. The number of nitrogens with zero attached hydrogens (tertiary/aromatic N) is 2. The fourth-order valence-corrected chi connectivity index (χ4v) is 2.76. The molecule has 0 unspecified atom stereocenters. The zero-order chi connectivity index (χ0) is 18.0. The molecule has 0 aromatic heterocycles. The maximum atomic E-state index is 5.65. The Morgan fingerprint density at radius 1 is 1.32 bits per heavy atom. The Kier molecular flexibility index (Phi) is 13.6. The van der Waals surface area contributed by atoms with E-state index in [0.717, 1.165) is 58.1 Å². The number of ether oxygens (including phenoxy) is 1. The highest BCUT2D eigenvalue weighted by atomic mass is 127. The first-order valence-electron chi connectivity index (χ1n) is 9.30. The van der Waals surface area contributed by atoms with Crippen LogP contribution in [0.25, 0.3) is 0 Å². The normalized spacial score (nSPS) is 17.5. The van der Waals surface area contributed by atoms with Crippen molar-refractivity contribution in [1.82, 2.24) is 15.5 Å². The second-order valence-electron chi connectivity index (χ2n) is 7.34. The molecule has 0 spiro atoms. The van der Waals surface area contributed by atoms with E-state index < -0.39 is 0 Å². The van der Waals surface area contributed by atoms with E-state index in [-0.39, 0.29) is 28.7 Å². The van der Waals surface area contributed by atoms with Crippen LogP contribution in [-0.4, -0.2) is 73.3 Å². The van der Waals surface area contributed by atoms with Crippen LogP contribution in [0.3, 0.4) is 0 Å². The molecule has 0 aromatic rings. The van der Waals surface area contributed by atoms with Crippen LogP contribution in [0.5, 0.6) is 0 Å². The largest absolute Gasteiger partial charge is 0.377 e. The number of nitrogens with one attached hydrogen (secondary N) is 2. The van der Waals surface area contributed by atoms with Crippen molar-refractivity contribution in [3.63, 3.8) is 0 Å². The zero-order valence-electron chi connectivity index (χ0n) is 16.9. The van der Waals surface area contributed by atoms with E-state index in [2.05, 4.69) is 56.4 Å². The summed E-state index contributed by atoms with van der Waals surface area (Å²) in [5, 5.41) is 7.00.